The molecule has 0 spiro atoms. The summed E-state index contributed by atoms with van der Waals surface area (Å²) >= 11 is 0. The number of rotatable bonds is 5. The van der Waals surface area contributed by atoms with Gasteiger partial charge in [0.2, 0.25) is 0 Å². The Labute approximate surface area is 125 Å². The van der Waals surface area contributed by atoms with E-state index in [1.165, 1.54) is 0 Å². The predicted molar refractivity (Wildman–Crippen MR) is 87.2 cm³/mol. The molecule has 2 aromatic carbocycles. The number of amides is 1. The monoisotopic (exact) mass is 283 g/mol. The van der Waals surface area contributed by atoms with Crippen molar-refractivity contribution in [3.63, 3.8) is 0 Å². The molecule has 3 N–H and O–H groups in total. The minimum atomic E-state index is -0.0531. The van der Waals surface area contributed by atoms with Gasteiger partial charge in [-0.1, -0.05) is 24.3 Å². The molecule has 0 saturated carbocycles. The normalized spacial score (nSPS) is 10.6. The maximum atomic E-state index is 12.1. The Morgan fingerprint density at radius 1 is 1.10 bits per heavy atom. The van der Waals surface area contributed by atoms with E-state index in [1.807, 2.05) is 67.5 Å². The minimum Gasteiger partial charge on any atom is -0.399 e. The molecule has 2 rings (SSSR count). The first kappa shape index (κ1) is 15.1. The Hall–Kier alpha value is -2.33. The molecule has 4 heteroatoms. The van der Waals surface area contributed by atoms with Crippen LogP contribution in [0.25, 0.3) is 11.1 Å². The second-order valence-corrected chi connectivity index (χ2v) is 5.27. The number of carbonyl (C=O) groups excluding carboxylic acids is 1. The zero-order valence-electron chi connectivity index (χ0n) is 12.5. The largest absolute Gasteiger partial charge is 0.399 e. The summed E-state index contributed by atoms with van der Waals surface area (Å²) in [6.45, 7) is 1.45. The standard InChI is InChI=1S/C17H21N3O/c1-20(2)10-9-19-17(21)15-7-3-5-13(11-15)14-6-4-8-16(18)12-14/h3-8,11-12H,9-10,18H2,1-2H3,(H,19,21). The number of nitrogens with two attached hydrogens (primary N) is 1. The Morgan fingerprint density at radius 3 is 2.43 bits per heavy atom. The van der Waals surface area contributed by atoms with Gasteiger partial charge < -0.3 is 16.0 Å². The highest BCUT2D eigenvalue weighted by Crippen LogP contribution is 2.22. The molecule has 0 fully saturated rings. The molecule has 0 aromatic heterocycles. The van der Waals surface area contributed by atoms with E-state index in [1.54, 1.807) is 0 Å². The van der Waals surface area contributed by atoms with Gasteiger partial charge in [0.25, 0.3) is 5.91 Å². The van der Waals surface area contributed by atoms with Crippen LogP contribution in [-0.4, -0.2) is 38.0 Å². The Balaban J connectivity index is 2.12. The van der Waals surface area contributed by atoms with Gasteiger partial charge in [0.15, 0.2) is 0 Å². The molecule has 0 aliphatic rings. The van der Waals surface area contributed by atoms with Crippen LogP contribution in [0.1, 0.15) is 10.4 Å². The van der Waals surface area contributed by atoms with Crippen molar-refractivity contribution >= 4 is 11.6 Å². The zero-order valence-corrected chi connectivity index (χ0v) is 12.5. The second-order valence-electron chi connectivity index (χ2n) is 5.27. The molecular weight excluding hydrogens is 262 g/mol. The van der Waals surface area contributed by atoms with E-state index in [-0.39, 0.29) is 5.91 Å². The fourth-order valence-electron chi connectivity index (χ4n) is 2.05. The molecule has 21 heavy (non-hydrogen) atoms. The zero-order chi connectivity index (χ0) is 15.2. The summed E-state index contributed by atoms with van der Waals surface area (Å²) in [6.07, 6.45) is 0. The smallest absolute Gasteiger partial charge is 0.251 e. The Kier molecular flexibility index (Phi) is 4.95. The van der Waals surface area contributed by atoms with Gasteiger partial charge in [-0.25, -0.2) is 0 Å². The molecule has 0 aliphatic carbocycles. The molecule has 4 nitrogen and oxygen atoms in total. The van der Waals surface area contributed by atoms with Gasteiger partial charge in [-0.3, -0.25) is 4.79 Å². The van der Waals surface area contributed by atoms with Crippen molar-refractivity contribution in [3.8, 4) is 11.1 Å². The number of hydrogen-bond donors (Lipinski definition) is 2. The lowest BCUT2D eigenvalue weighted by Crippen LogP contribution is -2.31. The lowest BCUT2D eigenvalue weighted by Gasteiger charge is -2.11. The average molecular weight is 283 g/mol. The predicted octanol–water partition coefficient (Wildman–Crippen LogP) is 2.23. The summed E-state index contributed by atoms with van der Waals surface area (Å²) in [7, 11) is 3.96. The Bertz CT molecular complexity index is 623. The summed E-state index contributed by atoms with van der Waals surface area (Å²) in [6, 6.07) is 15.2. The number of carbonyl (C=O) groups is 1. The van der Waals surface area contributed by atoms with Crippen molar-refractivity contribution in [2.75, 3.05) is 32.9 Å². The van der Waals surface area contributed by atoms with Crippen LogP contribution < -0.4 is 11.1 Å². The highest BCUT2D eigenvalue weighted by molar-refractivity contribution is 5.95. The van der Waals surface area contributed by atoms with Gasteiger partial charge in [0.05, 0.1) is 0 Å². The molecule has 0 radical (unpaired) electrons. The van der Waals surface area contributed by atoms with E-state index in [9.17, 15) is 4.79 Å². The topological polar surface area (TPSA) is 58.4 Å². The molecule has 0 aliphatic heterocycles. The van der Waals surface area contributed by atoms with Crippen LogP contribution >= 0.6 is 0 Å². The number of benzene rings is 2. The van der Waals surface area contributed by atoms with Gasteiger partial charge in [-0.05, 0) is 49.5 Å². The lowest BCUT2D eigenvalue weighted by atomic mass is 10.0. The molecule has 0 unspecified atom stereocenters. The van der Waals surface area contributed by atoms with Crippen molar-refractivity contribution in [3.05, 3.63) is 54.1 Å². The summed E-state index contributed by atoms with van der Waals surface area (Å²) in [5, 5.41) is 2.92. The van der Waals surface area contributed by atoms with Crippen LogP contribution in [-0.2, 0) is 0 Å². The molecular formula is C17H21N3O. The van der Waals surface area contributed by atoms with E-state index in [4.69, 9.17) is 5.73 Å². The van der Waals surface area contributed by atoms with Crippen molar-refractivity contribution in [1.82, 2.24) is 10.2 Å². The molecule has 110 valence electrons. The molecule has 0 atom stereocenters. The summed E-state index contributed by atoms with van der Waals surface area (Å²) in [5.74, 6) is -0.0531. The molecule has 2 aromatic rings. The third-order valence-corrected chi connectivity index (χ3v) is 3.19. The van der Waals surface area contributed by atoms with Gasteiger partial charge in [-0.2, -0.15) is 0 Å². The van der Waals surface area contributed by atoms with Gasteiger partial charge in [-0.15, -0.1) is 0 Å². The maximum Gasteiger partial charge on any atom is 0.251 e. The quantitative estimate of drug-likeness (QED) is 0.827. The van der Waals surface area contributed by atoms with Crippen molar-refractivity contribution < 1.29 is 4.79 Å². The van der Waals surface area contributed by atoms with E-state index >= 15 is 0 Å². The first-order valence-corrected chi connectivity index (χ1v) is 6.95. The maximum absolute atomic E-state index is 12.1. The SMILES string of the molecule is CN(C)CCNC(=O)c1cccc(-c2cccc(N)c2)c1. The van der Waals surface area contributed by atoms with E-state index in [2.05, 4.69) is 5.32 Å². The van der Waals surface area contributed by atoms with Gasteiger partial charge in [0, 0.05) is 24.3 Å². The number of nitrogen functional groups attached to an aromatic ring is 1. The van der Waals surface area contributed by atoms with E-state index in [0.29, 0.717) is 17.8 Å². The van der Waals surface area contributed by atoms with Crippen LogP contribution in [0, 0.1) is 0 Å². The highest BCUT2D eigenvalue weighted by atomic mass is 16.1. The molecule has 0 bridgehead atoms. The number of likely N-dealkylation sites (N-methyl/N-ethyl adjacent to an activating group) is 1. The number of nitrogens with zero attached hydrogens (tertiary/aromatic N) is 1. The fourth-order valence-corrected chi connectivity index (χ4v) is 2.05. The van der Waals surface area contributed by atoms with Gasteiger partial charge in [0.1, 0.15) is 0 Å². The summed E-state index contributed by atoms with van der Waals surface area (Å²) in [5.41, 5.74) is 9.18. The molecule has 1 amide bonds. The lowest BCUT2D eigenvalue weighted by molar-refractivity contribution is 0.0951. The fraction of sp³-hybridized carbons (Fsp3) is 0.235. The van der Waals surface area contributed by atoms with Gasteiger partial charge >= 0.3 is 0 Å². The van der Waals surface area contributed by atoms with Crippen LogP contribution in [0.4, 0.5) is 5.69 Å². The van der Waals surface area contributed by atoms with Crippen molar-refractivity contribution in [2.45, 2.75) is 0 Å². The van der Waals surface area contributed by atoms with Crippen LogP contribution in [0.2, 0.25) is 0 Å². The number of nitrogens with one attached hydrogen (secondary N) is 1. The third kappa shape index (κ3) is 4.33. The third-order valence-electron chi connectivity index (χ3n) is 3.19. The second kappa shape index (κ2) is 6.90. The van der Waals surface area contributed by atoms with Crippen LogP contribution in [0.3, 0.4) is 0 Å². The first-order valence-electron chi connectivity index (χ1n) is 6.95. The molecule has 0 saturated heterocycles. The number of anilines is 1. The van der Waals surface area contributed by atoms with Crippen LogP contribution in [0.5, 0.6) is 0 Å². The number of hydrogen-bond acceptors (Lipinski definition) is 3. The minimum absolute atomic E-state index is 0.0531. The first-order chi connectivity index (χ1) is 10.1. The highest BCUT2D eigenvalue weighted by Gasteiger charge is 2.07. The summed E-state index contributed by atoms with van der Waals surface area (Å²) in [4.78, 5) is 14.2. The average Bonchev–Trinajstić information content (AvgIpc) is 2.47. The van der Waals surface area contributed by atoms with Crippen molar-refractivity contribution in [1.29, 1.82) is 0 Å². The van der Waals surface area contributed by atoms with E-state index in [0.717, 1.165) is 17.7 Å². The Morgan fingerprint density at radius 2 is 1.76 bits per heavy atom. The molecule has 0 heterocycles. The summed E-state index contributed by atoms with van der Waals surface area (Å²) < 4.78 is 0. The van der Waals surface area contributed by atoms with Crippen molar-refractivity contribution in [2.24, 2.45) is 0 Å². The van der Waals surface area contributed by atoms with E-state index < -0.39 is 0 Å². The van der Waals surface area contributed by atoms with Crippen LogP contribution in [0.15, 0.2) is 48.5 Å².